The van der Waals surface area contributed by atoms with Gasteiger partial charge in [-0.15, -0.1) is 11.3 Å². The summed E-state index contributed by atoms with van der Waals surface area (Å²) in [5, 5.41) is 3.49. The van der Waals surface area contributed by atoms with Crippen LogP contribution < -0.4 is 5.32 Å². The first-order valence-electron chi connectivity index (χ1n) is 6.35. The molecule has 0 amide bonds. The molecule has 2 aromatic rings. The minimum absolute atomic E-state index is 0.240. The normalized spacial score (nSPS) is 18.3. The highest BCUT2D eigenvalue weighted by molar-refractivity contribution is 9.10. The van der Waals surface area contributed by atoms with Crippen LogP contribution >= 0.6 is 38.9 Å². The van der Waals surface area contributed by atoms with E-state index in [1.165, 1.54) is 23.3 Å². The molecule has 0 bridgehead atoms. The van der Waals surface area contributed by atoms with Crippen LogP contribution in [0.5, 0.6) is 0 Å². The Morgan fingerprint density at radius 1 is 1.32 bits per heavy atom. The summed E-state index contributed by atoms with van der Waals surface area (Å²) < 4.78 is 1.83. The monoisotopic (exact) mass is 355 g/mol. The molecule has 1 unspecified atom stereocenters. The van der Waals surface area contributed by atoms with E-state index in [-0.39, 0.29) is 5.41 Å². The first-order valence-corrected chi connectivity index (χ1v) is 8.33. The van der Waals surface area contributed by atoms with Crippen LogP contribution in [0.3, 0.4) is 0 Å². The highest BCUT2D eigenvalue weighted by Crippen LogP contribution is 2.57. The fourth-order valence-corrected chi connectivity index (χ4v) is 4.81. The van der Waals surface area contributed by atoms with Crippen LogP contribution in [0.15, 0.2) is 40.9 Å². The van der Waals surface area contributed by atoms with Crippen molar-refractivity contribution >= 4 is 38.9 Å². The molecule has 1 saturated carbocycles. The maximum Gasteiger partial charge on any atom is 0.107 e. The second kappa shape index (κ2) is 5.21. The maximum absolute atomic E-state index is 6.19. The number of thiophene rings is 1. The third-order valence-electron chi connectivity index (χ3n) is 3.93. The van der Waals surface area contributed by atoms with E-state index in [0.29, 0.717) is 6.04 Å². The molecular formula is C15H15BrClNS. The molecule has 1 N–H and O–H groups in total. The van der Waals surface area contributed by atoms with Crippen molar-refractivity contribution in [1.29, 1.82) is 0 Å². The van der Waals surface area contributed by atoms with Gasteiger partial charge in [-0.3, -0.25) is 0 Å². The summed E-state index contributed by atoms with van der Waals surface area (Å²) >= 11 is 11.4. The van der Waals surface area contributed by atoms with Crippen LogP contribution in [-0.4, -0.2) is 7.05 Å². The molecule has 1 aliphatic carbocycles. The van der Waals surface area contributed by atoms with Crippen molar-refractivity contribution in [2.45, 2.75) is 24.3 Å². The van der Waals surface area contributed by atoms with Crippen LogP contribution in [0.2, 0.25) is 4.34 Å². The summed E-state index contributed by atoms with van der Waals surface area (Å²) in [4.78, 5) is 1.31. The molecule has 1 atom stereocenters. The molecule has 19 heavy (non-hydrogen) atoms. The molecule has 0 spiro atoms. The van der Waals surface area contributed by atoms with Gasteiger partial charge in [0, 0.05) is 14.8 Å². The van der Waals surface area contributed by atoms with E-state index in [0.717, 1.165) is 8.81 Å². The van der Waals surface area contributed by atoms with Crippen molar-refractivity contribution in [1.82, 2.24) is 5.32 Å². The van der Waals surface area contributed by atoms with Gasteiger partial charge in [0.15, 0.2) is 0 Å². The molecule has 1 heterocycles. The van der Waals surface area contributed by atoms with Crippen molar-refractivity contribution in [3.63, 3.8) is 0 Å². The second-order valence-electron chi connectivity index (χ2n) is 5.01. The van der Waals surface area contributed by atoms with Gasteiger partial charge < -0.3 is 5.32 Å². The number of likely N-dealkylation sites (N-methyl/N-ethyl adjacent to an activating group) is 1. The smallest absolute Gasteiger partial charge is 0.107 e. The third kappa shape index (κ3) is 2.38. The van der Waals surface area contributed by atoms with Gasteiger partial charge in [0.25, 0.3) is 0 Å². The fraction of sp³-hybridized carbons (Fsp3) is 0.333. The number of halogens is 2. The molecule has 1 fully saturated rings. The summed E-state index contributed by atoms with van der Waals surface area (Å²) in [6, 6.07) is 13.3. The summed E-state index contributed by atoms with van der Waals surface area (Å²) in [6.45, 7) is 0. The maximum atomic E-state index is 6.19. The zero-order valence-electron chi connectivity index (χ0n) is 10.6. The van der Waals surface area contributed by atoms with Gasteiger partial charge in [0.05, 0.1) is 6.04 Å². The molecule has 1 aromatic carbocycles. The molecule has 4 heteroatoms. The number of benzene rings is 1. The number of rotatable bonds is 4. The Bertz CT molecular complexity index is 558. The summed E-state index contributed by atoms with van der Waals surface area (Å²) in [7, 11) is 2.04. The first-order chi connectivity index (χ1) is 9.17. The van der Waals surface area contributed by atoms with Gasteiger partial charge in [0.2, 0.25) is 0 Å². The van der Waals surface area contributed by atoms with E-state index in [1.807, 2.05) is 7.05 Å². The molecule has 100 valence electrons. The average Bonchev–Trinajstić information content (AvgIpc) is 3.15. The zero-order chi connectivity index (χ0) is 13.5. The van der Waals surface area contributed by atoms with E-state index >= 15 is 0 Å². The van der Waals surface area contributed by atoms with Gasteiger partial charge in [-0.1, -0.05) is 41.9 Å². The Morgan fingerprint density at radius 2 is 2.00 bits per heavy atom. The Morgan fingerprint density at radius 3 is 2.47 bits per heavy atom. The molecule has 0 aliphatic heterocycles. The Labute approximate surface area is 131 Å². The van der Waals surface area contributed by atoms with Crippen molar-refractivity contribution in [2.24, 2.45) is 0 Å². The SMILES string of the molecule is CNC(c1cc(Br)c(Cl)s1)C1(c2ccccc2)CC1. The topological polar surface area (TPSA) is 12.0 Å². The lowest BCUT2D eigenvalue weighted by atomic mass is 9.87. The molecule has 0 saturated heterocycles. The highest BCUT2D eigenvalue weighted by atomic mass is 79.9. The van der Waals surface area contributed by atoms with Gasteiger partial charge in [0.1, 0.15) is 4.34 Å². The minimum atomic E-state index is 0.240. The largest absolute Gasteiger partial charge is 0.312 e. The van der Waals surface area contributed by atoms with Crippen LogP contribution in [0.1, 0.15) is 29.3 Å². The number of hydrogen-bond acceptors (Lipinski definition) is 2. The van der Waals surface area contributed by atoms with Crippen molar-refractivity contribution in [3.05, 3.63) is 55.6 Å². The van der Waals surface area contributed by atoms with Crippen LogP contribution in [-0.2, 0) is 5.41 Å². The zero-order valence-corrected chi connectivity index (χ0v) is 13.8. The molecular weight excluding hydrogens is 342 g/mol. The summed E-state index contributed by atoms with van der Waals surface area (Å²) in [6.07, 6.45) is 2.46. The van der Waals surface area contributed by atoms with Crippen molar-refractivity contribution in [3.8, 4) is 0 Å². The molecule has 1 aliphatic rings. The Balaban J connectivity index is 1.99. The van der Waals surface area contributed by atoms with Crippen molar-refractivity contribution < 1.29 is 0 Å². The lowest BCUT2D eigenvalue weighted by Gasteiger charge is -2.26. The molecule has 0 radical (unpaired) electrons. The van der Waals surface area contributed by atoms with Crippen LogP contribution in [0.25, 0.3) is 0 Å². The highest BCUT2D eigenvalue weighted by Gasteiger charge is 2.51. The summed E-state index contributed by atoms with van der Waals surface area (Å²) in [5.74, 6) is 0. The van der Waals surface area contributed by atoms with Gasteiger partial charge in [-0.2, -0.15) is 0 Å². The van der Waals surface area contributed by atoms with Gasteiger partial charge >= 0.3 is 0 Å². The predicted molar refractivity (Wildman–Crippen MR) is 86.2 cm³/mol. The molecule has 1 nitrogen and oxygen atoms in total. The average molecular weight is 357 g/mol. The molecule has 3 rings (SSSR count). The lowest BCUT2D eigenvalue weighted by molar-refractivity contribution is 0.470. The van der Waals surface area contributed by atoms with Gasteiger partial charge in [-0.25, -0.2) is 0 Å². The van der Waals surface area contributed by atoms with Crippen molar-refractivity contribution in [2.75, 3.05) is 7.05 Å². The first kappa shape index (κ1) is 13.6. The van der Waals surface area contributed by atoms with E-state index in [4.69, 9.17) is 11.6 Å². The lowest BCUT2D eigenvalue weighted by Crippen LogP contribution is -2.28. The Kier molecular flexibility index (Phi) is 3.73. The predicted octanol–water partition coefficient (Wildman–Crippen LogP) is 5.16. The summed E-state index contributed by atoms with van der Waals surface area (Å²) in [5.41, 5.74) is 1.67. The van der Waals surface area contributed by atoms with E-state index < -0.39 is 0 Å². The number of nitrogens with one attached hydrogen (secondary N) is 1. The van der Waals surface area contributed by atoms with Gasteiger partial charge in [-0.05, 0) is 47.4 Å². The van der Waals surface area contributed by atoms with Crippen LogP contribution in [0.4, 0.5) is 0 Å². The van der Waals surface area contributed by atoms with E-state index in [1.54, 1.807) is 11.3 Å². The van der Waals surface area contributed by atoms with E-state index in [2.05, 4.69) is 57.6 Å². The number of hydrogen-bond donors (Lipinski definition) is 1. The Hall–Kier alpha value is -0.350. The standard InChI is InChI=1S/C15H15BrClNS/c1-18-13(12-9-11(16)14(17)19-12)15(7-8-15)10-5-3-2-4-6-10/h2-6,9,13,18H,7-8H2,1H3. The van der Waals surface area contributed by atoms with Crippen LogP contribution in [0, 0.1) is 0 Å². The van der Waals surface area contributed by atoms with E-state index in [9.17, 15) is 0 Å². The third-order valence-corrected chi connectivity index (χ3v) is 6.47. The fourth-order valence-electron chi connectivity index (χ4n) is 2.85. The molecule has 1 aromatic heterocycles. The second-order valence-corrected chi connectivity index (χ2v) is 7.55. The minimum Gasteiger partial charge on any atom is -0.312 e. The quantitative estimate of drug-likeness (QED) is 0.798.